The molecule has 0 radical (unpaired) electrons. The van der Waals surface area contributed by atoms with Crippen molar-refractivity contribution in [2.75, 3.05) is 53.2 Å². The number of hydrogen-bond acceptors (Lipinski definition) is 10. The molecule has 0 bridgehead atoms. The number of nitrogens with two attached hydrogens (primary N) is 1. The normalized spacial score (nSPS) is 11.6. The van der Waals surface area contributed by atoms with E-state index in [1.807, 2.05) is 13.8 Å². The van der Waals surface area contributed by atoms with Gasteiger partial charge in [-0.15, -0.1) is 4.76 Å². The predicted molar refractivity (Wildman–Crippen MR) is 125 cm³/mol. The predicted octanol–water partition coefficient (Wildman–Crippen LogP) is 3.15. The van der Waals surface area contributed by atoms with Crippen LogP contribution in [0, 0.1) is 0 Å². The van der Waals surface area contributed by atoms with E-state index in [9.17, 15) is 18.9 Å². The minimum Gasteiger partial charge on any atom is -0.480 e. The molecule has 0 saturated heterocycles. The minimum atomic E-state index is -4.07. The van der Waals surface area contributed by atoms with Crippen LogP contribution in [0.5, 0.6) is 0 Å². The molecule has 14 nitrogen and oxygen atoms in total. The third-order valence-electron chi connectivity index (χ3n) is 3.86. The highest BCUT2D eigenvalue weighted by Crippen LogP contribution is 2.50. The molecule has 15 heteroatoms. The van der Waals surface area contributed by atoms with Crippen LogP contribution < -0.4 is 5.73 Å². The summed E-state index contributed by atoms with van der Waals surface area (Å²) in [5, 5.41) is 8.88. The van der Waals surface area contributed by atoms with Crippen LogP contribution in [-0.4, -0.2) is 87.5 Å². The number of rotatable bonds is 19. The summed E-state index contributed by atoms with van der Waals surface area (Å²) in [5.74, 6) is -1.49. The fraction of sp³-hybridized carbons (Fsp3) is 0.800. The minimum absolute atomic E-state index is 0.0452. The molecule has 0 atom stereocenters. The quantitative estimate of drug-likeness (QED) is 0.0821. The van der Waals surface area contributed by atoms with E-state index < -0.39 is 32.6 Å². The van der Waals surface area contributed by atoms with Crippen molar-refractivity contribution in [3.05, 3.63) is 0 Å². The molecule has 0 aromatic heterocycles. The van der Waals surface area contributed by atoms with Crippen LogP contribution in [-0.2, 0) is 37.4 Å². The molecule has 0 aliphatic carbocycles. The van der Waals surface area contributed by atoms with Gasteiger partial charge in [0.2, 0.25) is 5.96 Å². The first kappa shape index (κ1) is 32.4. The van der Waals surface area contributed by atoms with Crippen LogP contribution in [0.15, 0.2) is 4.76 Å². The van der Waals surface area contributed by atoms with Crippen molar-refractivity contribution in [1.29, 1.82) is 0 Å². The molecule has 0 aliphatic heterocycles. The first-order valence-corrected chi connectivity index (χ1v) is 12.9. The summed E-state index contributed by atoms with van der Waals surface area (Å²) in [6.07, 6.45) is 1.39. The summed E-state index contributed by atoms with van der Waals surface area (Å²) in [6.45, 7) is 3.88. The van der Waals surface area contributed by atoms with E-state index in [0.717, 1.165) is 4.90 Å². The maximum absolute atomic E-state index is 13.0. The number of unbranched alkanes of at least 4 members (excludes halogenated alkanes) is 2. The lowest BCUT2D eigenvalue weighted by atomic mass is 10.3. The molecule has 0 saturated carbocycles. The molecule has 0 rings (SSSR count). The number of carboxylic acid groups (broad SMARTS) is 1. The molecular weight excluding hydrogens is 489 g/mol. The lowest BCUT2D eigenvalue weighted by molar-refractivity contribution is -0.137. The van der Waals surface area contributed by atoms with Gasteiger partial charge in [0.15, 0.2) is 0 Å². The zero-order valence-corrected chi connectivity index (χ0v) is 21.5. The standard InChI is InChI=1S/C20H38N3O11P/c1-4-10-29-19(26)31-12-6-8-14-33-35(28,22-18(21)23(3)16-17(24)25)34-15-9-7-13-32-20(27)30-11-5-2/h4-16H2,1-3H3,(H,24,25)(H2,21,22,28). The molecule has 35 heavy (non-hydrogen) atoms. The van der Waals surface area contributed by atoms with Gasteiger partial charge in [0.05, 0.1) is 39.6 Å². The molecule has 0 unspecified atom stereocenters. The Labute approximate surface area is 205 Å². The highest BCUT2D eigenvalue weighted by atomic mass is 31.2. The van der Waals surface area contributed by atoms with Crippen LogP contribution in [0.3, 0.4) is 0 Å². The van der Waals surface area contributed by atoms with E-state index in [1.165, 1.54) is 7.05 Å². The van der Waals surface area contributed by atoms with Gasteiger partial charge in [-0.1, -0.05) is 13.8 Å². The Balaban J connectivity index is 4.62. The molecule has 204 valence electrons. The lowest BCUT2D eigenvalue weighted by Gasteiger charge is -2.19. The fourth-order valence-corrected chi connectivity index (χ4v) is 3.43. The van der Waals surface area contributed by atoms with Crippen molar-refractivity contribution in [1.82, 2.24) is 4.90 Å². The first-order chi connectivity index (χ1) is 16.6. The largest absolute Gasteiger partial charge is 0.508 e. The zero-order valence-electron chi connectivity index (χ0n) is 20.6. The number of carbonyl (C=O) groups is 3. The zero-order chi connectivity index (χ0) is 26.5. The molecule has 0 spiro atoms. The summed E-state index contributed by atoms with van der Waals surface area (Å²) in [7, 11) is -2.71. The van der Waals surface area contributed by atoms with Crippen LogP contribution >= 0.6 is 7.75 Å². The average Bonchev–Trinajstić information content (AvgIpc) is 2.80. The number of carbonyl (C=O) groups excluding carboxylic acids is 2. The highest BCUT2D eigenvalue weighted by molar-refractivity contribution is 7.52. The van der Waals surface area contributed by atoms with Crippen molar-refractivity contribution in [2.45, 2.75) is 52.4 Å². The summed E-state index contributed by atoms with van der Waals surface area (Å²) in [6, 6.07) is 0. The Bertz CT molecular complexity index is 670. The van der Waals surface area contributed by atoms with E-state index in [4.69, 9.17) is 38.8 Å². The van der Waals surface area contributed by atoms with E-state index >= 15 is 0 Å². The fourth-order valence-electron chi connectivity index (χ4n) is 2.11. The Morgan fingerprint density at radius 1 is 0.800 bits per heavy atom. The third kappa shape index (κ3) is 18.4. The van der Waals surface area contributed by atoms with E-state index in [-0.39, 0.29) is 45.6 Å². The van der Waals surface area contributed by atoms with Gasteiger partial charge in [-0.2, -0.15) is 0 Å². The van der Waals surface area contributed by atoms with Crippen molar-refractivity contribution in [2.24, 2.45) is 10.5 Å². The third-order valence-corrected chi connectivity index (χ3v) is 5.33. The Hall–Kier alpha value is -2.57. The van der Waals surface area contributed by atoms with Gasteiger partial charge < -0.3 is 34.7 Å². The Morgan fingerprint density at radius 3 is 1.60 bits per heavy atom. The number of aliphatic carboxylic acids is 1. The Morgan fingerprint density at radius 2 is 1.20 bits per heavy atom. The van der Waals surface area contributed by atoms with Crippen LogP contribution in [0.25, 0.3) is 0 Å². The summed E-state index contributed by atoms with van der Waals surface area (Å²) in [5.41, 5.74) is 5.74. The van der Waals surface area contributed by atoms with Gasteiger partial charge in [-0.25, -0.2) is 14.2 Å². The van der Waals surface area contributed by atoms with Crippen LogP contribution in [0.1, 0.15) is 52.4 Å². The lowest BCUT2D eigenvalue weighted by Crippen LogP contribution is -2.37. The summed E-state index contributed by atoms with van der Waals surface area (Å²) in [4.78, 5) is 34.5. The number of guanidine groups is 1. The van der Waals surface area contributed by atoms with Crippen molar-refractivity contribution < 1.29 is 52.1 Å². The number of ether oxygens (including phenoxy) is 4. The highest BCUT2D eigenvalue weighted by Gasteiger charge is 2.26. The number of hydrogen-bond donors (Lipinski definition) is 2. The molecule has 0 amide bonds. The second-order valence-corrected chi connectivity index (χ2v) is 8.80. The van der Waals surface area contributed by atoms with Crippen molar-refractivity contribution >= 4 is 32.0 Å². The van der Waals surface area contributed by atoms with Crippen LogP contribution in [0.2, 0.25) is 0 Å². The van der Waals surface area contributed by atoms with Gasteiger partial charge in [0.25, 0.3) is 0 Å². The molecule has 0 aromatic carbocycles. The second-order valence-electron chi connectivity index (χ2n) is 7.15. The second kappa shape index (κ2) is 19.7. The SMILES string of the molecule is CCCOC(=O)OCCCCOP(=O)(N=C(N)N(C)CC(=O)O)OCCCCOC(=O)OCCC. The van der Waals surface area contributed by atoms with Gasteiger partial charge in [0, 0.05) is 7.05 Å². The molecule has 3 N–H and O–H groups in total. The molecule has 0 fully saturated rings. The molecule has 0 heterocycles. The van der Waals surface area contributed by atoms with Gasteiger partial charge in [-0.05, 0) is 38.5 Å². The molecular formula is C20H38N3O11P. The number of carboxylic acids is 1. The van der Waals surface area contributed by atoms with Crippen molar-refractivity contribution in [3.8, 4) is 0 Å². The van der Waals surface area contributed by atoms with Gasteiger partial charge in [0.1, 0.15) is 6.54 Å². The first-order valence-electron chi connectivity index (χ1n) is 11.4. The maximum atomic E-state index is 13.0. The van der Waals surface area contributed by atoms with E-state index in [2.05, 4.69) is 4.76 Å². The van der Waals surface area contributed by atoms with Crippen molar-refractivity contribution in [3.63, 3.8) is 0 Å². The van der Waals surface area contributed by atoms with E-state index in [0.29, 0.717) is 38.5 Å². The average molecular weight is 528 g/mol. The maximum Gasteiger partial charge on any atom is 0.508 e. The Kier molecular flexibility index (Phi) is 18.3. The molecule has 0 aromatic rings. The van der Waals surface area contributed by atoms with Crippen LogP contribution in [0.4, 0.5) is 9.59 Å². The van der Waals surface area contributed by atoms with Gasteiger partial charge in [-0.3, -0.25) is 13.8 Å². The van der Waals surface area contributed by atoms with E-state index in [1.54, 1.807) is 0 Å². The summed E-state index contributed by atoms with van der Waals surface area (Å²) >= 11 is 0. The topological polar surface area (TPSA) is 186 Å². The molecule has 0 aliphatic rings. The number of nitrogens with zero attached hydrogens (tertiary/aromatic N) is 2. The smallest absolute Gasteiger partial charge is 0.480 e. The van der Waals surface area contributed by atoms with Gasteiger partial charge >= 0.3 is 26.0 Å². The monoisotopic (exact) mass is 527 g/mol. The summed E-state index contributed by atoms with van der Waals surface area (Å²) < 4.78 is 46.8. The number of likely N-dealkylation sites (N-methyl/N-ethyl adjacent to an activating group) is 1.